The van der Waals surface area contributed by atoms with E-state index in [0.29, 0.717) is 5.82 Å². The monoisotopic (exact) mass is 194 g/mol. The fraction of sp³-hybridized carbons (Fsp3) is 0.444. The fourth-order valence-electron chi connectivity index (χ4n) is 1.21. The van der Waals surface area contributed by atoms with Crippen molar-refractivity contribution in [2.45, 2.75) is 26.3 Å². The van der Waals surface area contributed by atoms with Gasteiger partial charge in [-0.05, 0) is 13.8 Å². The lowest BCUT2D eigenvalue weighted by Crippen LogP contribution is -2.17. The SMILES string of the molecule is Cc1nc(CC(N)=O)ncc1[C@@H](C)N. The highest BCUT2D eigenvalue weighted by Gasteiger charge is 2.08. The van der Waals surface area contributed by atoms with Crippen LogP contribution in [0.2, 0.25) is 0 Å². The van der Waals surface area contributed by atoms with Crippen LogP contribution in [0.1, 0.15) is 30.0 Å². The Labute approximate surface area is 82.5 Å². The Hall–Kier alpha value is -1.49. The highest BCUT2D eigenvalue weighted by molar-refractivity contribution is 5.75. The van der Waals surface area contributed by atoms with Crippen LogP contribution in [0, 0.1) is 6.92 Å². The average molecular weight is 194 g/mol. The lowest BCUT2D eigenvalue weighted by molar-refractivity contribution is -0.117. The number of primary amides is 1. The molecule has 14 heavy (non-hydrogen) atoms. The average Bonchev–Trinajstić information content (AvgIpc) is 2.01. The van der Waals surface area contributed by atoms with E-state index in [1.165, 1.54) is 0 Å². The minimum absolute atomic E-state index is 0.0695. The van der Waals surface area contributed by atoms with Gasteiger partial charge in [-0.15, -0.1) is 0 Å². The molecule has 1 atom stereocenters. The zero-order valence-electron chi connectivity index (χ0n) is 8.32. The molecule has 5 heteroatoms. The number of hydrogen-bond acceptors (Lipinski definition) is 4. The first-order chi connectivity index (χ1) is 6.50. The Morgan fingerprint density at radius 3 is 2.71 bits per heavy atom. The quantitative estimate of drug-likeness (QED) is 0.698. The predicted octanol–water partition coefficient (Wildman–Crippen LogP) is -0.167. The summed E-state index contributed by atoms with van der Waals surface area (Å²) in [7, 11) is 0. The third kappa shape index (κ3) is 2.50. The second-order valence-corrected chi connectivity index (χ2v) is 3.26. The third-order valence-corrected chi connectivity index (χ3v) is 1.89. The lowest BCUT2D eigenvalue weighted by Gasteiger charge is -2.08. The van der Waals surface area contributed by atoms with Gasteiger partial charge in [0.05, 0.1) is 6.42 Å². The maximum absolute atomic E-state index is 10.6. The van der Waals surface area contributed by atoms with Crippen LogP contribution in [0.15, 0.2) is 6.20 Å². The summed E-state index contributed by atoms with van der Waals surface area (Å²) >= 11 is 0. The topological polar surface area (TPSA) is 94.9 Å². The molecule has 5 nitrogen and oxygen atoms in total. The van der Waals surface area contributed by atoms with Crippen LogP contribution in [0.4, 0.5) is 0 Å². The van der Waals surface area contributed by atoms with Gasteiger partial charge in [0.15, 0.2) is 0 Å². The second kappa shape index (κ2) is 4.15. The van der Waals surface area contributed by atoms with E-state index in [4.69, 9.17) is 11.5 Å². The molecule has 0 radical (unpaired) electrons. The summed E-state index contributed by atoms with van der Waals surface area (Å²) < 4.78 is 0. The van der Waals surface area contributed by atoms with E-state index in [9.17, 15) is 4.79 Å². The maximum atomic E-state index is 10.6. The third-order valence-electron chi connectivity index (χ3n) is 1.89. The standard InChI is InChI=1S/C9H14N4O/c1-5(10)7-4-12-9(3-8(11)14)13-6(7)2/h4-5H,3,10H2,1-2H3,(H2,11,14)/t5-/m1/s1. The Kier molecular flexibility index (Phi) is 3.14. The van der Waals surface area contributed by atoms with Crippen molar-refractivity contribution < 1.29 is 4.79 Å². The van der Waals surface area contributed by atoms with Crippen molar-refractivity contribution in [1.29, 1.82) is 0 Å². The van der Waals surface area contributed by atoms with Crippen LogP contribution in [-0.4, -0.2) is 15.9 Å². The molecular formula is C9H14N4O. The van der Waals surface area contributed by atoms with Gasteiger partial charge < -0.3 is 11.5 Å². The van der Waals surface area contributed by atoms with Gasteiger partial charge >= 0.3 is 0 Å². The van der Waals surface area contributed by atoms with Crippen molar-refractivity contribution in [2.24, 2.45) is 11.5 Å². The van der Waals surface area contributed by atoms with Crippen molar-refractivity contribution in [3.63, 3.8) is 0 Å². The zero-order valence-corrected chi connectivity index (χ0v) is 8.32. The molecule has 0 saturated carbocycles. The number of hydrogen-bond donors (Lipinski definition) is 2. The molecule has 0 aromatic carbocycles. The molecule has 1 aromatic heterocycles. The van der Waals surface area contributed by atoms with E-state index >= 15 is 0 Å². The molecule has 0 aliphatic heterocycles. The summed E-state index contributed by atoms with van der Waals surface area (Å²) in [6.45, 7) is 3.70. The molecule has 4 N–H and O–H groups in total. The molecule has 0 spiro atoms. The Morgan fingerprint density at radius 1 is 1.64 bits per heavy atom. The van der Waals surface area contributed by atoms with Gasteiger partial charge in [-0.3, -0.25) is 4.79 Å². The molecule has 0 saturated heterocycles. The van der Waals surface area contributed by atoms with Crippen LogP contribution < -0.4 is 11.5 Å². The van der Waals surface area contributed by atoms with E-state index in [2.05, 4.69) is 9.97 Å². The number of aryl methyl sites for hydroxylation is 1. The summed E-state index contributed by atoms with van der Waals surface area (Å²) in [5.74, 6) is 0.0114. The number of rotatable bonds is 3. The molecule has 0 bridgehead atoms. The summed E-state index contributed by atoms with van der Waals surface area (Å²) in [6, 6.07) is -0.0994. The van der Waals surface area contributed by atoms with Gasteiger partial charge in [-0.25, -0.2) is 9.97 Å². The van der Waals surface area contributed by atoms with Crippen molar-refractivity contribution in [1.82, 2.24) is 9.97 Å². The summed E-state index contributed by atoms with van der Waals surface area (Å²) in [5.41, 5.74) is 12.4. The van der Waals surface area contributed by atoms with Gasteiger partial charge in [0.1, 0.15) is 5.82 Å². The minimum Gasteiger partial charge on any atom is -0.369 e. The van der Waals surface area contributed by atoms with E-state index in [1.54, 1.807) is 6.20 Å². The fourth-order valence-corrected chi connectivity index (χ4v) is 1.21. The van der Waals surface area contributed by atoms with Crippen molar-refractivity contribution in [3.05, 3.63) is 23.3 Å². The Bertz CT molecular complexity index is 349. The number of carbonyl (C=O) groups excluding carboxylic acids is 1. The van der Waals surface area contributed by atoms with Gasteiger partial charge in [0, 0.05) is 23.5 Å². The highest BCUT2D eigenvalue weighted by Crippen LogP contribution is 2.11. The van der Waals surface area contributed by atoms with Crippen LogP contribution in [0.25, 0.3) is 0 Å². The first-order valence-corrected chi connectivity index (χ1v) is 4.37. The number of nitrogens with zero attached hydrogens (tertiary/aromatic N) is 2. The van der Waals surface area contributed by atoms with E-state index in [0.717, 1.165) is 11.3 Å². The molecule has 76 valence electrons. The Balaban J connectivity index is 2.94. The molecular weight excluding hydrogens is 180 g/mol. The molecule has 0 aliphatic rings. The first kappa shape index (κ1) is 10.6. The largest absolute Gasteiger partial charge is 0.369 e. The van der Waals surface area contributed by atoms with E-state index < -0.39 is 5.91 Å². The summed E-state index contributed by atoms with van der Waals surface area (Å²) in [5, 5.41) is 0. The first-order valence-electron chi connectivity index (χ1n) is 4.37. The maximum Gasteiger partial charge on any atom is 0.225 e. The van der Waals surface area contributed by atoms with Gasteiger partial charge in [0.25, 0.3) is 0 Å². The normalized spacial score (nSPS) is 12.5. The number of amides is 1. The minimum atomic E-state index is -0.432. The molecule has 0 aliphatic carbocycles. The smallest absolute Gasteiger partial charge is 0.225 e. The molecule has 1 aromatic rings. The summed E-state index contributed by atoms with van der Waals surface area (Å²) in [4.78, 5) is 18.8. The van der Waals surface area contributed by atoms with Crippen LogP contribution in [-0.2, 0) is 11.2 Å². The van der Waals surface area contributed by atoms with E-state index in [-0.39, 0.29) is 12.5 Å². The van der Waals surface area contributed by atoms with Crippen molar-refractivity contribution in [3.8, 4) is 0 Å². The molecule has 0 unspecified atom stereocenters. The summed E-state index contributed by atoms with van der Waals surface area (Å²) in [6.07, 6.45) is 1.71. The second-order valence-electron chi connectivity index (χ2n) is 3.26. The van der Waals surface area contributed by atoms with Crippen molar-refractivity contribution >= 4 is 5.91 Å². The van der Waals surface area contributed by atoms with Crippen LogP contribution >= 0.6 is 0 Å². The predicted molar refractivity (Wildman–Crippen MR) is 52.3 cm³/mol. The lowest BCUT2D eigenvalue weighted by atomic mass is 10.1. The van der Waals surface area contributed by atoms with Crippen LogP contribution in [0.5, 0.6) is 0 Å². The highest BCUT2D eigenvalue weighted by atomic mass is 16.1. The number of carbonyl (C=O) groups is 1. The number of aromatic nitrogens is 2. The molecule has 0 fully saturated rings. The van der Waals surface area contributed by atoms with Crippen LogP contribution in [0.3, 0.4) is 0 Å². The van der Waals surface area contributed by atoms with Gasteiger partial charge in [-0.2, -0.15) is 0 Å². The van der Waals surface area contributed by atoms with Gasteiger partial charge in [-0.1, -0.05) is 0 Å². The Morgan fingerprint density at radius 2 is 2.29 bits per heavy atom. The molecule has 1 heterocycles. The molecule has 1 rings (SSSR count). The molecule has 1 amide bonds. The van der Waals surface area contributed by atoms with Crippen molar-refractivity contribution in [2.75, 3.05) is 0 Å². The van der Waals surface area contributed by atoms with Gasteiger partial charge in [0.2, 0.25) is 5.91 Å². The zero-order chi connectivity index (χ0) is 10.7. The van der Waals surface area contributed by atoms with E-state index in [1.807, 2.05) is 13.8 Å². The number of nitrogens with two attached hydrogens (primary N) is 2.